The van der Waals surface area contributed by atoms with Crippen LogP contribution < -0.4 is 15.5 Å². The predicted octanol–water partition coefficient (Wildman–Crippen LogP) is 2.34. The van der Waals surface area contributed by atoms with Crippen molar-refractivity contribution in [3.63, 3.8) is 0 Å². The molecule has 1 aliphatic heterocycles. The molecule has 0 aliphatic carbocycles. The Bertz CT molecular complexity index is 476. The van der Waals surface area contributed by atoms with E-state index in [1.54, 1.807) is 6.07 Å². The summed E-state index contributed by atoms with van der Waals surface area (Å²) in [6.07, 6.45) is 1.04. The summed E-state index contributed by atoms with van der Waals surface area (Å²) in [5, 5.41) is 6.77. The van der Waals surface area contributed by atoms with Crippen molar-refractivity contribution < 1.29 is 4.79 Å². The molecule has 104 valence electrons. The third-order valence-corrected chi connectivity index (χ3v) is 3.82. The highest BCUT2D eigenvalue weighted by molar-refractivity contribution is 6.33. The van der Waals surface area contributed by atoms with Crippen LogP contribution in [0.25, 0.3) is 0 Å². The fourth-order valence-electron chi connectivity index (χ4n) is 2.35. The first-order chi connectivity index (χ1) is 8.99. The van der Waals surface area contributed by atoms with E-state index in [1.165, 1.54) is 0 Å². The fraction of sp³-hybridized carbons (Fsp3) is 0.500. The molecule has 1 fully saturated rings. The maximum absolute atomic E-state index is 12.1. The average molecular weight is 282 g/mol. The van der Waals surface area contributed by atoms with E-state index in [9.17, 15) is 4.79 Å². The topological polar surface area (TPSA) is 44.4 Å². The van der Waals surface area contributed by atoms with Crippen LogP contribution in [0.4, 0.5) is 11.4 Å². The summed E-state index contributed by atoms with van der Waals surface area (Å²) in [6.45, 7) is 2.99. The number of nitrogens with one attached hydrogen (secondary N) is 2. The van der Waals surface area contributed by atoms with Gasteiger partial charge < -0.3 is 15.5 Å². The highest BCUT2D eigenvalue weighted by Crippen LogP contribution is 2.27. The van der Waals surface area contributed by atoms with Gasteiger partial charge in [0, 0.05) is 19.8 Å². The number of rotatable bonds is 3. The smallest absolute Gasteiger partial charge is 0.241 e. The van der Waals surface area contributed by atoms with Gasteiger partial charge in [-0.3, -0.25) is 4.79 Å². The van der Waals surface area contributed by atoms with Gasteiger partial charge in [-0.1, -0.05) is 18.5 Å². The standard InChI is InChI=1S/C14H20ClN3O/c1-9-6-7-16-13(9)14(19)17-10-4-5-12(18(2)3)11(15)8-10/h4-5,8-9,13,16H,6-7H2,1-3H3,(H,17,19). The van der Waals surface area contributed by atoms with E-state index in [4.69, 9.17) is 11.6 Å². The first-order valence-electron chi connectivity index (χ1n) is 6.50. The number of carbonyl (C=O) groups excluding carboxylic acids is 1. The molecule has 1 aliphatic rings. The highest BCUT2D eigenvalue weighted by Gasteiger charge is 2.29. The first kappa shape index (κ1) is 14.2. The molecule has 0 saturated carbocycles. The molecule has 2 unspecified atom stereocenters. The monoisotopic (exact) mass is 281 g/mol. The molecule has 2 rings (SSSR count). The normalized spacial score (nSPS) is 22.3. The van der Waals surface area contributed by atoms with Crippen molar-refractivity contribution in [1.82, 2.24) is 5.32 Å². The Balaban J connectivity index is 2.07. The van der Waals surface area contributed by atoms with Crippen LogP contribution in [0.1, 0.15) is 13.3 Å². The Kier molecular flexibility index (Phi) is 4.32. The van der Waals surface area contributed by atoms with Crippen LogP contribution >= 0.6 is 11.6 Å². The summed E-state index contributed by atoms with van der Waals surface area (Å²) in [6, 6.07) is 5.46. The number of hydrogen-bond donors (Lipinski definition) is 2. The fourth-order valence-corrected chi connectivity index (χ4v) is 2.70. The maximum Gasteiger partial charge on any atom is 0.241 e. The van der Waals surface area contributed by atoms with Crippen molar-refractivity contribution in [1.29, 1.82) is 0 Å². The van der Waals surface area contributed by atoms with E-state index < -0.39 is 0 Å². The van der Waals surface area contributed by atoms with Crippen LogP contribution in [0.15, 0.2) is 18.2 Å². The molecule has 1 amide bonds. The zero-order valence-electron chi connectivity index (χ0n) is 11.5. The minimum atomic E-state index is -0.104. The quantitative estimate of drug-likeness (QED) is 0.894. The van der Waals surface area contributed by atoms with E-state index in [0.29, 0.717) is 10.9 Å². The van der Waals surface area contributed by atoms with Crippen molar-refractivity contribution in [3.8, 4) is 0 Å². The van der Waals surface area contributed by atoms with Crippen molar-refractivity contribution in [2.75, 3.05) is 30.9 Å². The average Bonchev–Trinajstić information content (AvgIpc) is 2.75. The van der Waals surface area contributed by atoms with Gasteiger partial charge in [0.1, 0.15) is 0 Å². The Hall–Kier alpha value is -1.26. The second-order valence-electron chi connectivity index (χ2n) is 5.25. The van der Waals surface area contributed by atoms with E-state index in [2.05, 4.69) is 17.6 Å². The van der Waals surface area contributed by atoms with Crippen LogP contribution in [0, 0.1) is 5.92 Å². The molecule has 2 atom stereocenters. The van der Waals surface area contributed by atoms with Gasteiger partial charge in [-0.05, 0) is 37.1 Å². The van der Waals surface area contributed by atoms with Crippen LogP contribution in [0.3, 0.4) is 0 Å². The zero-order chi connectivity index (χ0) is 14.0. The first-order valence-corrected chi connectivity index (χ1v) is 6.88. The molecule has 5 heteroatoms. The van der Waals surface area contributed by atoms with E-state index in [1.807, 2.05) is 31.1 Å². The lowest BCUT2D eigenvalue weighted by atomic mass is 10.0. The van der Waals surface area contributed by atoms with Gasteiger partial charge in [-0.15, -0.1) is 0 Å². The van der Waals surface area contributed by atoms with Crippen molar-refractivity contribution in [3.05, 3.63) is 23.2 Å². The summed E-state index contributed by atoms with van der Waals surface area (Å²) in [4.78, 5) is 14.1. The summed E-state index contributed by atoms with van der Waals surface area (Å²) in [5.74, 6) is 0.384. The number of amides is 1. The molecule has 1 aromatic rings. The van der Waals surface area contributed by atoms with Gasteiger partial charge in [0.2, 0.25) is 5.91 Å². The third-order valence-electron chi connectivity index (χ3n) is 3.51. The summed E-state index contributed by atoms with van der Waals surface area (Å²) >= 11 is 6.19. The van der Waals surface area contributed by atoms with Crippen LogP contribution in [-0.2, 0) is 4.79 Å². The Morgan fingerprint density at radius 1 is 1.47 bits per heavy atom. The van der Waals surface area contributed by atoms with Crippen LogP contribution in [-0.4, -0.2) is 32.6 Å². The Morgan fingerprint density at radius 2 is 2.21 bits per heavy atom. The number of halogens is 1. The van der Waals surface area contributed by atoms with Gasteiger partial charge >= 0.3 is 0 Å². The lowest BCUT2D eigenvalue weighted by Crippen LogP contribution is -2.39. The number of nitrogens with zero attached hydrogens (tertiary/aromatic N) is 1. The Morgan fingerprint density at radius 3 is 2.74 bits per heavy atom. The lowest BCUT2D eigenvalue weighted by Gasteiger charge is -2.18. The molecule has 2 N–H and O–H groups in total. The van der Waals surface area contributed by atoms with Crippen LogP contribution in [0.5, 0.6) is 0 Å². The molecule has 19 heavy (non-hydrogen) atoms. The zero-order valence-corrected chi connectivity index (χ0v) is 12.3. The SMILES string of the molecule is CC1CCNC1C(=O)Nc1ccc(N(C)C)c(Cl)c1. The van der Waals surface area contributed by atoms with Crippen molar-refractivity contribution in [2.45, 2.75) is 19.4 Å². The lowest BCUT2D eigenvalue weighted by molar-refractivity contribution is -0.118. The second kappa shape index (κ2) is 5.80. The molecular weight excluding hydrogens is 262 g/mol. The largest absolute Gasteiger partial charge is 0.376 e. The Labute approximate surface area is 119 Å². The number of benzene rings is 1. The minimum Gasteiger partial charge on any atom is -0.376 e. The number of carbonyl (C=O) groups is 1. The van der Waals surface area contributed by atoms with Crippen molar-refractivity contribution in [2.24, 2.45) is 5.92 Å². The number of hydrogen-bond acceptors (Lipinski definition) is 3. The summed E-state index contributed by atoms with van der Waals surface area (Å²) in [5.41, 5.74) is 1.67. The molecule has 0 aromatic heterocycles. The predicted molar refractivity (Wildman–Crippen MR) is 80.0 cm³/mol. The molecule has 0 radical (unpaired) electrons. The molecule has 4 nitrogen and oxygen atoms in total. The molecule has 1 saturated heterocycles. The molecule has 0 bridgehead atoms. The van der Waals surface area contributed by atoms with E-state index in [0.717, 1.165) is 24.3 Å². The molecular formula is C14H20ClN3O. The maximum atomic E-state index is 12.1. The molecule has 0 spiro atoms. The van der Waals surface area contributed by atoms with Gasteiger partial charge in [-0.2, -0.15) is 0 Å². The van der Waals surface area contributed by atoms with Crippen LogP contribution in [0.2, 0.25) is 5.02 Å². The summed E-state index contributed by atoms with van der Waals surface area (Å²) in [7, 11) is 3.87. The minimum absolute atomic E-state index is 0.0127. The van der Waals surface area contributed by atoms with Gasteiger partial charge in [0.05, 0.1) is 16.8 Å². The molecule has 1 aromatic carbocycles. The van der Waals surface area contributed by atoms with E-state index >= 15 is 0 Å². The van der Waals surface area contributed by atoms with E-state index in [-0.39, 0.29) is 11.9 Å². The highest BCUT2D eigenvalue weighted by atomic mass is 35.5. The third kappa shape index (κ3) is 3.19. The number of anilines is 2. The van der Waals surface area contributed by atoms with Gasteiger partial charge in [-0.25, -0.2) is 0 Å². The molecule has 1 heterocycles. The van der Waals surface area contributed by atoms with Crippen molar-refractivity contribution >= 4 is 28.9 Å². The van der Waals surface area contributed by atoms with Gasteiger partial charge in [0.25, 0.3) is 0 Å². The second-order valence-corrected chi connectivity index (χ2v) is 5.65. The van der Waals surface area contributed by atoms with Gasteiger partial charge in [0.15, 0.2) is 0 Å². The summed E-state index contributed by atoms with van der Waals surface area (Å²) < 4.78 is 0.